The highest BCUT2D eigenvalue weighted by Crippen LogP contribution is 2.45. The lowest BCUT2D eigenvalue weighted by Crippen LogP contribution is -2.40. The van der Waals surface area contributed by atoms with Crippen LogP contribution in [-0.2, 0) is 5.41 Å². The van der Waals surface area contributed by atoms with Crippen molar-refractivity contribution >= 4 is 34.7 Å². The van der Waals surface area contributed by atoms with Crippen LogP contribution in [0.1, 0.15) is 71.8 Å². The average Bonchev–Trinajstić information content (AvgIpc) is 3.53. The summed E-state index contributed by atoms with van der Waals surface area (Å²) in [6.07, 6.45) is 5.44. The Labute approximate surface area is 198 Å². The van der Waals surface area contributed by atoms with E-state index in [9.17, 15) is 4.79 Å². The van der Waals surface area contributed by atoms with Gasteiger partial charge in [0.25, 0.3) is 5.91 Å². The highest BCUT2D eigenvalue weighted by Gasteiger charge is 2.40. The van der Waals surface area contributed by atoms with Gasteiger partial charge in [0.1, 0.15) is 6.04 Å². The number of carbonyl (C=O) groups excluding carboxylic acids is 1. The fourth-order valence-electron chi connectivity index (χ4n) is 4.54. The minimum Gasteiger partial charge on any atom is -0.295 e. The molecule has 3 nitrogen and oxygen atoms in total. The van der Waals surface area contributed by atoms with E-state index < -0.39 is 0 Å². The lowest BCUT2D eigenvalue weighted by Gasteiger charge is -2.26. The van der Waals surface area contributed by atoms with E-state index in [1.807, 2.05) is 17.1 Å². The molecule has 0 radical (unpaired) electrons. The highest BCUT2D eigenvalue weighted by molar-refractivity contribution is 7.10. The summed E-state index contributed by atoms with van der Waals surface area (Å²) in [5.74, 6) is 0.0220. The number of nitrogens with zero attached hydrogens (tertiary/aromatic N) is 1. The van der Waals surface area contributed by atoms with Gasteiger partial charge in [-0.05, 0) is 82.5 Å². The van der Waals surface area contributed by atoms with E-state index in [0.717, 1.165) is 30.5 Å². The summed E-state index contributed by atoms with van der Waals surface area (Å²) in [6, 6.07) is 16.5. The molecule has 1 aromatic carbocycles. The minimum absolute atomic E-state index is 0.0220. The number of hydrogen-bond acceptors (Lipinski definition) is 4. The van der Waals surface area contributed by atoms with Gasteiger partial charge in [0.15, 0.2) is 0 Å². The molecule has 5 rings (SSSR count). The van der Waals surface area contributed by atoms with Gasteiger partial charge in [0.2, 0.25) is 0 Å². The van der Waals surface area contributed by atoms with Crippen molar-refractivity contribution in [1.82, 2.24) is 10.4 Å². The van der Waals surface area contributed by atoms with Crippen molar-refractivity contribution in [3.05, 3.63) is 97.0 Å². The van der Waals surface area contributed by atoms with E-state index >= 15 is 0 Å². The fraction of sp³-hybridized carbons (Fsp3) is 0.296. The summed E-state index contributed by atoms with van der Waals surface area (Å²) in [7, 11) is 0. The number of carbonyl (C=O) groups is 1. The zero-order chi connectivity index (χ0) is 22.3. The first-order valence-electron chi connectivity index (χ1n) is 11.1. The van der Waals surface area contributed by atoms with E-state index in [-0.39, 0.29) is 17.4 Å². The van der Waals surface area contributed by atoms with E-state index in [2.05, 4.69) is 79.4 Å². The molecular weight excluding hydrogens is 432 g/mol. The molecule has 0 saturated heterocycles. The SMILES string of the molecule is CC(C)(C)c1ccc(C(=O)N2NC3=C(CCC/C3=C\c3cccs3)[C@H]2c2cccs2)cc1. The largest absolute Gasteiger partial charge is 0.295 e. The van der Waals surface area contributed by atoms with E-state index in [0.29, 0.717) is 0 Å². The molecule has 3 heterocycles. The molecule has 2 aromatic heterocycles. The molecule has 1 N–H and O–H groups in total. The van der Waals surface area contributed by atoms with Gasteiger partial charge >= 0.3 is 0 Å². The van der Waals surface area contributed by atoms with Crippen molar-refractivity contribution in [2.45, 2.75) is 51.5 Å². The molecule has 0 bridgehead atoms. The van der Waals surface area contributed by atoms with Gasteiger partial charge in [0.05, 0.1) is 5.70 Å². The predicted octanol–water partition coefficient (Wildman–Crippen LogP) is 7.33. The third kappa shape index (κ3) is 3.96. The molecule has 0 saturated carbocycles. The predicted molar refractivity (Wildman–Crippen MR) is 135 cm³/mol. The Balaban J connectivity index is 1.51. The summed E-state index contributed by atoms with van der Waals surface area (Å²) in [5.41, 5.74) is 9.33. The number of amides is 1. The minimum atomic E-state index is -0.0492. The smallest absolute Gasteiger partial charge is 0.273 e. The summed E-state index contributed by atoms with van der Waals surface area (Å²) in [6.45, 7) is 6.58. The number of thiophene rings is 2. The van der Waals surface area contributed by atoms with E-state index in [1.54, 1.807) is 22.7 Å². The molecule has 1 aliphatic heterocycles. The third-order valence-corrected chi connectivity index (χ3v) is 7.99. The molecule has 3 aromatic rings. The van der Waals surface area contributed by atoms with Gasteiger partial charge in [-0.15, -0.1) is 22.7 Å². The van der Waals surface area contributed by atoms with Crippen molar-refractivity contribution in [2.24, 2.45) is 0 Å². The number of benzene rings is 1. The van der Waals surface area contributed by atoms with Gasteiger partial charge in [-0.25, -0.2) is 5.01 Å². The van der Waals surface area contributed by atoms with Crippen molar-refractivity contribution in [2.75, 3.05) is 0 Å². The second-order valence-electron chi connectivity index (χ2n) is 9.47. The van der Waals surface area contributed by atoms with Crippen molar-refractivity contribution in [3.8, 4) is 0 Å². The summed E-state index contributed by atoms with van der Waals surface area (Å²) in [4.78, 5) is 16.2. The molecule has 0 fully saturated rings. The van der Waals surface area contributed by atoms with Gasteiger partial charge in [-0.1, -0.05) is 45.0 Å². The Morgan fingerprint density at radius 3 is 2.44 bits per heavy atom. The Morgan fingerprint density at radius 1 is 1.03 bits per heavy atom. The van der Waals surface area contributed by atoms with Crippen LogP contribution in [0, 0.1) is 0 Å². The van der Waals surface area contributed by atoms with Gasteiger partial charge in [0, 0.05) is 15.3 Å². The normalized spacial score (nSPS) is 19.9. The molecule has 5 heteroatoms. The quantitative estimate of drug-likeness (QED) is 0.444. The molecule has 1 amide bonds. The molecule has 2 aliphatic rings. The van der Waals surface area contributed by atoms with Gasteiger partial charge in [-0.2, -0.15) is 0 Å². The zero-order valence-electron chi connectivity index (χ0n) is 18.7. The van der Waals surface area contributed by atoms with Crippen LogP contribution < -0.4 is 5.43 Å². The van der Waals surface area contributed by atoms with Crippen LogP contribution in [0.15, 0.2) is 76.1 Å². The Bertz CT molecular complexity index is 1160. The second-order valence-corrected chi connectivity index (χ2v) is 11.4. The molecule has 1 aliphatic carbocycles. The number of hydrogen-bond donors (Lipinski definition) is 1. The summed E-state index contributed by atoms with van der Waals surface area (Å²) in [5, 5.41) is 6.06. The van der Waals surface area contributed by atoms with Crippen LogP contribution in [0.25, 0.3) is 6.08 Å². The number of rotatable bonds is 3. The molecule has 164 valence electrons. The van der Waals surface area contributed by atoms with Crippen molar-refractivity contribution in [1.29, 1.82) is 0 Å². The maximum absolute atomic E-state index is 13.7. The van der Waals surface area contributed by atoms with Crippen LogP contribution in [0.4, 0.5) is 0 Å². The standard InChI is InChI=1S/C27H28N2OS2/c1-27(2,3)20-13-11-18(12-14-20)26(30)29-25(23-10-6-16-32-23)22-9-4-7-19(24(22)28-29)17-21-8-5-15-31-21/h5-6,8,10-17,25,28H,4,7,9H2,1-3H3/b19-17+/t25-/m0/s1. The van der Waals surface area contributed by atoms with Crippen LogP contribution in [0.2, 0.25) is 0 Å². The Morgan fingerprint density at radius 2 is 1.78 bits per heavy atom. The van der Waals surface area contributed by atoms with Crippen LogP contribution in [0.3, 0.4) is 0 Å². The molecule has 0 spiro atoms. The van der Waals surface area contributed by atoms with E-state index in [4.69, 9.17) is 0 Å². The Kier molecular flexibility index (Phi) is 5.56. The maximum atomic E-state index is 13.7. The number of nitrogens with one attached hydrogen (secondary N) is 1. The average molecular weight is 461 g/mol. The molecule has 0 unspecified atom stereocenters. The van der Waals surface area contributed by atoms with Crippen LogP contribution >= 0.6 is 22.7 Å². The van der Waals surface area contributed by atoms with Crippen molar-refractivity contribution < 1.29 is 4.79 Å². The molecular formula is C27H28N2OS2. The monoisotopic (exact) mass is 460 g/mol. The molecule has 32 heavy (non-hydrogen) atoms. The van der Waals surface area contributed by atoms with Crippen LogP contribution in [0.5, 0.6) is 0 Å². The summed E-state index contributed by atoms with van der Waals surface area (Å²) >= 11 is 3.47. The van der Waals surface area contributed by atoms with E-state index in [1.165, 1.54) is 26.5 Å². The Hall–Kier alpha value is -2.63. The first-order chi connectivity index (χ1) is 15.4. The van der Waals surface area contributed by atoms with Crippen LogP contribution in [-0.4, -0.2) is 10.9 Å². The molecule has 1 atom stereocenters. The van der Waals surface area contributed by atoms with Crippen molar-refractivity contribution in [3.63, 3.8) is 0 Å². The lowest BCUT2D eigenvalue weighted by atomic mass is 9.86. The highest BCUT2D eigenvalue weighted by atomic mass is 32.1. The first-order valence-corrected chi connectivity index (χ1v) is 12.9. The zero-order valence-corrected chi connectivity index (χ0v) is 20.4. The fourth-order valence-corrected chi connectivity index (χ4v) is 6.07. The summed E-state index contributed by atoms with van der Waals surface area (Å²) < 4.78 is 0. The lowest BCUT2D eigenvalue weighted by molar-refractivity contribution is 0.0659. The number of hydrazine groups is 1. The first kappa shape index (κ1) is 21.2. The second kappa shape index (κ2) is 8.38. The topological polar surface area (TPSA) is 32.3 Å². The third-order valence-electron chi connectivity index (χ3n) is 6.24. The van der Waals surface area contributed by atoms with Gasteiger partial charge in [-0.3, -0.25) is 10.2 Å². The number of allylic oxidation sites excluding steroid dienone is 1. The van der Waals surface area contributed by atoms with Gasteiger partial charge < -0.3 is 0 Å². The maximum Gasteiger partial charge on any atom is 0.273 e.